The number of likely N-dealkylation sites (tertiary alicyclic amines) is 1. The number of alkyl halides is 3. The van der Waals surface area contributed by atoms with E-state index in [0.29, 0.717) is 30.9 Å². The number of thiazole rings is 1. The van der Waals surface area contributed by atoms with Crippen molar-refractivity contribution in [2.75, 3.05) is 18.0 Å². The molecule has 0 atom stereocenters. The Kier molecular flexibility index (Phi) is 6.57. The number of carbonyl (C=O) groups excluding carboxylic acids is 1. The molecule has 0 N–H and O–H groups in total. The minimum absolute atomic E-state index is 0.230. The van der Waals surface area contributed by atoms with Gasteiger partial charge in [-0.2, -0.15) is 13.2 Å². The highest BCUT2D eigenvalue weighted by atomic mass is 32.1. The van der Waals surface area contributed by atoms with Gasteiger partial charge >= 0.3 is 12.1 Å². The first-order valence-corrected chi connectivity index (χ1v) is 12.1. The van der Waals surface area contributed by atoms with Crippen molar-refractivity contribution in [3.63, 3.8) is 0 Å². The molecule has 180 valence electrons. The van der Waals surface area contributed by atoms with Crippen LogP contribution in [-0.4, -0.2) is 35.1 Å². The number of rotatable bonds is 5. The number of aromatic nitrogens is 1. The molecular formula is C26H28F3N3OS. The van der Waals surface area contributed by atoms with Gasteiger partial charge in [0.2, 0.25) is 0 Å². The lowest BCUT2D eigenvalue weighted by Gasteiger charge is -2.51. The molecule has 2 heterocycles. The fourth-order valence-corrected chi connectivity index (χ4v) is 5.87. The van der Waals surface area contributed by atoms with E-state index in [1.807, 2.05) is 30.5 Å². The summed E-state index contributed by atoms with van der Waals surface area (Å²) < 4.78 is 41.7. The number of aryl methyl sites for hydroxylation is 1. The lowest BCUT2D eigenvalue weighted by atomic mass is 9.81. The van der Waals surface area contributed by atoms with Crippen LogP contribution in [0.4, 0.5) is 18.9 Å². The lowest BCUT2D eigenvalue weighted by Crippen LogP contribution is -2.60. The van der Waals surface area contributed by atoms with Crippen LogP contribution >= 0.6 is 11.3 Å². The summed E-state index contributed by atoms with van der Waals surface area (Å²) in [4.78, 5) is 20.8. The maximum absolute atomic E-state index is 13.9. The Morgan fingerprint density at radius 1 is 1.00 bits per heavy atom. The Balaban J connectivity index is 1.77. The zero-order chi connectivity index (χ0) is 24.6. The third-order valence-corrected chi connectivity index (χ3v) is 7.92. The Morgan fingerprint density at radius 2 is 1.56 bits per heavy atom. The van der Waals surface area contributed by atoms with Crippen molar-refractivity contribution in [2.45, 2.75) is 50.9 Å². The summed E-state index contributed by atoms with van der Waals surface area (Å²) in [6, 6.07) is 18.2. The molecule has 1 aliphatic heterocycles. The van der Waals surface area contributed by atoms with E-state index in [1.165, 1.54) is 11.3 Å². The number of para-hydroxylation sites is 1. The third-order valence-electron chi connectivity index (χ3n) is 6.77. The van der Waals surface area contributed by atoms with Crippen LogP contribution in [0.2, 0.25) is 0 Å². The maximum Gasteiger partial charge on any atom is 0.471 e. The fraction of sp³-hybridized carbons (Fsp3) is 0.385. The largest absolute Gasteiger partial charge is 0.471 e. The normalized spacial score (nSPS) is 16.9. The smallest absolute Gasteiger partial charge is 0.294 e. The molecule has 34 heavy (non-hydrogen) atoms. The molecule has 0 saturated carbocycles. The number of amides is 1. The number of hydrogen-bond acceptors (Lipinski definition) is 4. The highest BCUT2D eigenvalue weighted by molar-refractivity contribution is 7.09. The van der Waals surface area contributed by atoms with Crippen LogP contribution in [0.1, 0.15) is 43.0 Å². The second-order valence-corrected chi connectivity index (χ2v) is 10.1. The number of anilines is 1. The molecule has 0 aliphatic carbocycles. The van der Waals surface area contributed by atoms with Crippen molar-refractivity contribution in [3.05, 3.63) is 82.3 Å². The number of carbonyl (C=O) groups is 1. The van der Waals surface area contributed by atoms with Gasteiger partial charge in [0.25, 0.3) is 0 Å². The first-order chi connectivity index (χ1) is 16.1. The van der Waals surface area contributed by atoms with Crippen molar-refractivity contribution in [1.29, 1.82) is 0 Å². The quantitative estimate of drug-likeness (QED) is 0.425. The molecule has 1 aromatic heterocycles. The van der Waals surface area contributed by atoms with Gasteiger partial charge in [0, 0.05) is 35.4 Å². The molecule has 0 spiro atoms. The van der Waals surface area contributed by atoms with Gasteiger partial charge in [0.05, 0.1) is 0 Å². The van der Waals surface area contributed by atoms with Crippen LogP contribution in [0, 0.1) is 6.92 Å². The Hall–Kier alpha value is -2.71. The predicted molar refractivity (Wildman–Crippen MR) is 129 cm³/mol. The second-order valence-electron chi connectivity index (χ2n) is 9.21. The van der Waals surface area contributed by atoms with Crippen molar-refractivity contribution in [3.8, 4) is 0 Å². The van der Waals surface area contributed by atoms with E-state index in [9.17, 15) is 18.0 Å². The average Bonchev–Trinajstić information content (AvgIpc) is 3.27. The summed E-state index contributed by atoms with van der Waals surface area (Å²) in [6.45, 7) is 7.11. The van der Waals surface area contributed by atoms with E-state index in [2.05, 4.69) is 35.9 Å². The molecule has 1 amide bonds. The zero-order valence-corrected chi connectivity index (χ0v) is 20.3. The van der Waals surface area contributed by atoms with E-state index in [4.69, 9.17) is 0 Å². The van der Waals surface area contributed by atoms with Gasteiger partial charge < -0.3 is 0 Å². The van der Waals surface area contributed by atoms with Crippen molar-refractivity contribution >= 4 is 22.9 Å². The fourth-order valence-electron chi connectivity index (χ4n) is 4.83. The summed E-state index contributed by atoms with van der Waals surface area (Å²) in [5.41, 5.74) is 0.611. The average molecular weight is 488 g/mol. The summed E-state index contributed by atoms with van der Waals surface area (Å²) in [5.74, 6) is -1.86. The van der Waals surface area contributed by atoms with E-state index >= 15 is 0 Å². The first kappa shape index (κ1) is 24.4. The first-order valence-electron chi connectivity index (χ1n) is 11.3. The molecule has 3 aromatic rings. The van der Waals surface area contributed by atoms with Gasteiger partial charge in [-0.25, -0.2) is 4.98 Å². The summed E-state index contributed by atoms with van der Waals surface area (Å²) in [7, 11) is 0. The zero-order valence-electron chi connectivity index (χ0n) is 19.5. The lowest BCUT2D eigenvalue weighted by molar-refractivity contribution is -0.172. The minimum Gasteiger partial charge on any atom is -0.294 e. The number of benzene rings is 2. The Labute approximate surface area is 202 Å². The Bertz CT molecular complexity index is 1120. The highest BCUT2D eigenvalue weighted by Crippen LogP contribution is 2.46. The van der Waals surface area contributed by atoms with Gasteiger partial charge in [0.1, 0.15) is 10.5 Å². The second kappa shape index (κ2) is 9.15. The van der Waals surface area contributed by atoms with Crippen LogP contribution in [-0.2, 0) is 15.9 Å². The van der Waals surface area contributed by atoms with Gasteiger partial charge in [0.15, 0.2) is 0 Å². The molecule has 4 rings (SSSR count). The Morgan fingerprint density at radius 3 is 2.06 bits per heavy atom. The third kappa shape index (κ3) is 4.49. The number of halogens is 3. The molecule has 1 fully saturated rings. The minimum atomic E-state index is -5.00. The molecule has 2 aromatic carbocycles. The molecule has 0 bridgehead atoms. The van der Waals surface area contributed by atoms with Gasteiger partial charge in [-0.05, 0) is 51.3 Å². The molecule has 0 unspecified atom stereocenters. The SMILES string of the molecule is Cc1csc(C2(N(C(=O)C(F)(F)F)c3ccccc3)CCN(C(C)(C)c3ccccc3)CC2)n1. The van der Waals surface area contributed by atoms with Gasteiger partial charge in [-0.1, -0.05) is 48.5 Å². The van der Waals surface area contributed by atoms with E-state index < -0.39 is 17.6 Å². The van der Waals surface area contributed by atoms with Crippen LogP contribution in [0.5, 0.6) is 0 Å². The van der Waals surface area contributed by atoms with Crippen LogP contribution in [0.3, 0.4) is 0 Å². The van der Waals surface area contributed by atoms with E-state index in [-0.39, 0.29) is 11.2 Å². The monoisotopic (exact) mass is 487 g/mol. The van der Waals surface area contributed by atoms with Crippen molar-refractivity contribution in [1.82, 2.24) is 9.88 Å². The summed E-state index contributed by atoms with van der Waals surface area (Å²) >= 11 is 1.32. The molecule has 1 saturated heterocycles. The highest BCUT2D eigenvalue weighted by Gasteiger charge is 2.54. The molecule has 0 radical (unpaired) electrons. The van der Waals surface area contributed by atoms with Crippen LogP contribution < -0.4 is 4.90 Å². The van der Waals surface area contributed by atoms with E-state index in [0.717, 1.165) is 16.2 Å². The molecule has 8 heteroatoms. The molecule has 4 nitrogen and oxygen atoms in total. The topological polar surface area (TPSA) is 36.4 Å². The predicted octanol–water partition coefficient (Wildman–Crippen LogP) is 6.27. The van der Waals surface area contributed by atoms with E-state index in [1.54, 1.807) is 30.3 Å². The maximum atomic E-state index is 13.9. The van der Waals surface area contributed by atoms with Crippen LogP contribution in [0.25, 0.3) is 0 Å². The summed E-state index contributed by atoms with van der Waals surface area (Å²) in [5, 5.41) is 2.38. The summed E-state index contributed by atoms with van der Waals surface area (Å²) in [6.07, 6.45) is -4.32. The standard InChI is InChI=1S/C26H28F3N3OS/c1-19-18-34-22(30-19)25(32(23(33)26(27,28)29)21-12-8-5-9-13-21)14-16-31(17-15-25)24(2,3)20-10-6-4-7-11-20/h4-13,18H,14-17H2,1-3H3. The molecule has 1 aliphatic rings. The van der Waals surface area contributed by atoms with Crippen molar-refractivity contribution < 1.29 is 18.0 Å². The number of piperidine rings is 1. The number of hydrogen-bond donors (Lipinski definition) is 0. The van der Waals surface area contributed by atoms with Crippen LogP contribution in [0.15, 0.2) is 66.0 Å². The van der Waals surface area contributed by atoms with Crippen molar-refractivity contribution in [2.24, 2.45) is 0 Å². The number of nitrogens with zero attached hydrogens (tertiary/aromatic N) is 3. The van der Waals surface area contributed by atoms with Gasteiger partial charge in [-0.15, -0.1) is 11.3 Å². The molecular weight excluding hydrogens is 459 g/mol. The van der Waals surface area contributed by atoms with Gasteiger partial charge in [-0.3, -0.25) is 14.6 Å².